The lowest BCUT2D eigenvalue weighted by atomic mass is 9.91. The summed E-state index contributed by atoms with van der Waals surface area (Å²) < 4.78 is 15.4. The Balaban J connectivity index is 1.41. The van der Waals surface area contributed by atoms with Crippen molar-refractivity contribution >= 4 is 22.5 Å². The van der Waals surface area contributed by atoms with E-state index in [-0.39, 0.29) is 6.04 Å². The summed E-state index contributed by atoms with van der Waals surface area (Å²) in [5.74, 6) is 0.358. The van der Waals surface area contributed by atoms with E-state index in [1.807, 2.05) is 6.07 Å². The third kappa shape index (κ3) is 3.41. The molecule has 1 aromatic carbocycles. The van der Waals surface area contributed by atoms with Gasteiger partial charge in [-0.1, -0.05) is 18.2 Å². The largest absolute Gasteiger partial charge is 0.389 e. The van der Waals surface area contributed by atoms with Crippen molar-refractivity contribution in [2.45, 2.75) is 38.3 Å². The number of aliphatic hydroxyl groups excluding tert-OH is 1. The number of fused-ring (bicyclic) bond motifs is 4. The van der Waals surface area contributed by atoms with E-state index in [9.17, 15) is 9.50 Å². The lowest BCUT2D eigenvalue weighted by molar-refractivity contribution is 0.200. The van der Waals surface area contributed by atoms with E-state index in [0.717, 1.165) is 31.0 Å². The van der Waals surface area contributed by atoms with Gasteiger partial charge in [0.1, 0.15) is 5.82 Å². The summed E-state index contributed by atoms with van der Waals surface area (Å²) in [5, 5.41) is 19.4. The topological polar surface area (TPSA) is 104 Å². The standard InChI is InChI=1S/C24H22FN7O/c1-13(33)19-12-27-32-23(19)30-22(14-8-15(25)11-26-10-14)31-24(32)28-16-6-7-21-18(9-16)17-4-2-3-5-20(17)29-21/h2-5,8,10-13,16,29,33H,6-7,9H2,1H3,(H,28,30,31)/t13-,16+/m0/s1. The lowest BCUT2D eigenvalue weighted by Crippen LogP contribution is -2.29. The quantitative estimate of drug-likeness (QED) is 0.390. The number of aliphatic hydroxyl groups is 1. The average Bonchev–Trinajstić information content (AvgIpc) is 3.41. The van der Waals surface area contributed by atoms with Gasteiger partial charge in [0.25, 0.3) is 0 Å². The van der Waals surface area contributed by atoms with Gasteiger partial charge in [0.05, 0.1) is 18.5 Å². The van der Waals surface area contributed by atoms with E-state index < -0.39 is 11.9 Å². The molecule has 166 valence electrons. The van der Waals surface area contributed by atoms with Gasteiger partial charge in [-0.05, 0) is 43.9 Å². The number of hydrogen-bond donors (Lipinski definition) is 3. The molecule has 0 bridgehead atoms. The normalized spacial score (nSPS) is 16.8. The number of H-pyrrole nitrogens is 1. The zero-order valence-corrected chi connectivity index (χ0v) is 18.0. The molecule has 4 heterocycles. The van der Waals surface area contributed by atoms with Gasteiger partial charge in [0.2, 0.25) is 5.95 Å². The van der Waals surface area contributed by atoms with Crippen LogP contribution in [-0.2, 0) is 12.8 Å². The average molecular weight is 443 g/mol. The lowest BCUT2D eigenvalue weighted by Gasteiger charge is -2.24. The molecule has 3 N–H and O–H groups in total. The number of benzene rings is 1. The fourth-order valence-electron chi connectivity index (χ4n) is 4.62. The Kier molecular flexibility index (Phi) is 4.58. The Hall–Kier alpha value is -3.85. The minimum atomic E-state index is -0.757. The number of para-hydroxylation sites is 1. The molecule has 0 saturated carbocycles. The SMILES string of the molecule is C[C@H](O)c1cnn2c(N[C@@H]3CCc4[nH]c5ccccc5c4C3)nc(-c3cncc(F)c3)nc12. The number of nitrogens with zero attached hydrogens (tertiary/aromatic N) is 5. The van der Waals surface area contributed by atoms with Crippen LogP contribution in [-0.4, -0.2) is 40.7 Å². The van der Waals surface area contributed by atoms with Crippen molar-refractivity contribution in [3.05, 3.63) is 71.6 Å². The summed E-state index contributed by atoms with van der Waals surface area (Å²) in [6.07, 6.45) is 6.18. The number of aryl methyl sites for hydroxylation is 1. The third-order valence-electron chi connectivity index (χ3n) is 6.24. The van der Waals surface area contributed by atoms with Gasteiger partial charge >= 0.3 is 0 Å². The Bertz CT molecular complexity index is 1490. The van der Waals surface area contributed by atoms with Gasteiger partial charge in [-0.15, -0.1) is 0 Å². The number of aromatic amines is 1. The summed E-state index contributed by atoms with van der Waals surface area (Å²) in [6.45, 7) is 1.66. The fourth-order valence-corrected chi connectivity index (χ4v) is 4.62. The molecule has 6 rings (SSSR count). The van der Waals surface area contributed by atoms with Crippen LogP contribution >= 0.6 is 0 Å². The Morgan fingerprint density at radius 1 is 1.21 bits per heavy atom. The molecule has 5 aromatic rings. The predicted molar refractivity (Wildman–Crippen MR) is 122 cm³/mol. The van der Waals surface area contributed by atoms with E-state index in [1.54, 1.807) is 17.6 Å². The van der Waals surface area contributed by atoms with Gasteiger partial charge in [0, 0.05) is 40.0 Å². The molecule has 8 nitrogen and oxygen atoms in total. The van der Waals surface area contributed by atoms with Crippen molar-refractivity contribution in [3.63, 3.8) is 0 Å². The molecule has 0 amide bonds. The maximum atomic E-state index is 13.8. The smallest absolute Gasteiger partial charge is 0.228 e. The van der Waals surface area contributed by atoms with Crippen molar-refractivity contribution in [1.29, 1.82) is 0 Å². The summed E-state index contributed by atoms with van der Waals surface area (Å²) in [4.78, 5) is 16.7. The minimum absolute atomic E-state index is 0.132. The Morgan fingerprint density at radius 3 is 2.94 bits per heavy atom. The first kappa shape index (κ1) is 19.8. The minimum Gasteiger partial charge on any atom is -0.389 e. The maximum Gasteiger partial charge on any atom is 0.228 e. The second-order valence-electron chi connectivity index (χ2n) is 8.49. The molecule has 0 spiro atoms. The van der Waals surface area contributed by atoms with Gasteiger partial charge in [-0.25, -0.2) is 9.37 Å². The molecule has 9 heteroatoms. The predicted octanol–water partition coefficient (Wildman–Crippen LogP) is 3.83. The van der Waals surface area contributed by atoms with E-state index in [1.165, 1.54) is 28.9 Å². The molecule has 0 aliphatic heterocycles. The Labute approximate surface area is 188 Å². The summed E-state index contributed by atoms with van der Waals surface area (Å²) in [7, 11) is 0. The molecular weight excluding hydrogens is 421 g/mol. The van der Waals surface area contributed by atoms with E-state index in [4.69, 9.17) is 0 Å². The number of pyridine rings is 1. The molecule has 2 atom stereocenters. The zero-order valence-electron chi connectivity index (χ0n) is 18.0. The van der Waals surface area contributed by atoms with Crippen molar-refractivity contribution in [2.24, 2.45) is 0 Å². The van der Waals surface area contributed by atoms with Crippen LogP contribution < -0.4 is 5.32 Å². The van der Waals surface area contributed by atoms with Crippen molar-refractivity contribution < 1.29 is 9.50 Å². The highest BCUT2D eigenvalue weighted by molar-refractivity contribution is 5.85. The highest BCUT2D eigenvalue weighted by atomic mass is 19.1. The Morgan fingerprint density at radius 2 is 2.09 bits per heavy atom. The molecule has 4 aromatic heterocycles. The summed E-state index contributed by atoms with van der Waals surface area (Å²) >= 11 is 0. The maximum absolute atomic E-state index is 13.8. The summed E-state index contributed by atoms with van der Waals surface area (Å²) in [6, 6.07) is 9.82. The molecule has 0 saturated heterocycles. The van der Waals surface area contributed by atoms with Crippen LogP contribution in [0, 0.1) is 5.82 Å². The van der Waals surface area contributed by atoms with Crippen LogP contribution in [0.25, 0.3) is 27.9 Å². The second kappa shape index (κ2) is 7.63. The monoisotopic (exact) mass is 443 g/mol. The first-order chi connectivity index (χ1) is 16.1. The van der Waals surface area contributed by atoms with Gasteiger partial charge in [0.15, 0.2) is 11.5 Å². The first-order valence-corrected chi connectivity index (χ1v) is 11.0. The number of hydrogen-bond acceptors (Lipinski definition) is 6. The van der Waals surface area contributed by atoms with Crippen molar-refractivity contribution in [2.75, 3.05) is 5.32 Å². The third-order valence-corrected chi connectivity index (χ3v) is 6.24. The molecule has 33 heavy (non-hydrogen) atoms. The van der Waals surface area contributed by atoms with Crippen LogP contribution in [0.3, 0.4) is 0 Å². The van der Waals surface area contributed by atoms with Gasteiger partial charge < -0.3 is 15.4 Å². The number of aromatic nitrogens is 6. The number of nitrogens with one attached hydrogen (secondary N) is 2. The molecular formula is C24H22FN7O. The highest BCUT2D eigenvalue weighted by Crippen LogP contribution is 2.31. The molecule has 0 radical (unpaired) electrons. The molecule has 0 unspecified atom stereocenters. The second-order valence-corrected chi connectivity index (χ2v) is 8.49. The number of halogens is 1. The first-order valence-electron chi connectivity index (χ1n) is 11.0. The zero-order chi connectivity index (χ0) is 22.5. The number of rotatable bonds is 4. The van der Waals surface area contributed by atoms with E-state index >= 15 is 0 Å². The molecule has 1 aliphatic carbocycles. The molecule has 1 aliphatic rings. The van der Waals surface area contributed by atoms with Crippen molar-refractivity contribution in [1.82, 2.24) is 29.5 Å². The van der Waals surface area contributed by atoms with Crippen LogP contribution in [0.5, 0.6) is 0 Å². The van der Waals surface area contributed by atoms with Crippen LogP contribution in [0.4, 0.5) is 10.3 Å². The van der Waals surface area contributed by atoms with Crippen LogP contribution in [0.1, 0.15) is 36.3 Å². The van der Waals surface area contributed by atoms with E-state index in [2.05, 4.69) is 48.6 Å². The molecule has 0 fully saturated rings. The van der Waals surface area contributed by atoms with Crippen LogP contribution in [0.15, 0.2) is 48.9 Å². The van der Waals surface area contributed by atoms with Gasteiger partial charge in [-0.3, -0.25) is 4.98 Å². The van der Waals surface area contributed by atoms with E-state index in [0.29, 0.717) is 28.5 Å². The van der Waals surface area contributed by atoms with Crippen molar-refractivity contribution in [3.8, 4) is 11.4 Å². The van der Waals surface area contributed by atoms with Crippen LogP contribution in [0.2, 0.25) is 0 Å². The fraction of sp³-hybridized carbons (Fsp3) is 0.250. The van der Waals surface area contributed by atoms with Gasteiger partial charge in [-0.2, -0.15) is 14.6 Å². The highest BCUT2D eigenvalue weighted by Gasteiger charge is 2.25. The summed E-state index contributed by atoms with van der Waals surface area (Å²) in [5.41, 5.74) is 5.27. The number of anilines is 1.